The van der Waals surface area contributed by atoms with Crippen LogP contribution in [0.2, 0.25) is 0 Å². The second-order valence-electron chi connectivity index (χ2n) is 4.80. The molecule has 0 aliphatic rings. The van der Waals surface area contributed by atoms with E-state index in [2.05, 4.69) is 10.1 Å². The summed E-state index contributed by atoms with van der Waals surface area (Å²) in [4.78, 5) is 16.1. The Bertz CT molecular complexity index is 766. The third-order valence-corrected chi connectivity index (χ3v) is 3.62. The quantitative estimate of drug-likeness (QED) is 0.645. The van der Waals surface area contributed by atoms with Crippen LogP contribution < -0.4 is 4.74 Å². The molecule has 0 N–H and O–H groups in total. The maximum atomic E-state index is 11.9. The van der Waals surface area contributed by atoms with Crippen molar-refractivity contribution < 1.29 is 18.8 Å². The van der Waals surface area contributed by atoms with Gasteiger partial charge in [-0.15, -0.1) is 11.3 Å². The standard InChI is InChI=1S/C16H14N2O4S/c1-11-6-15(22-18-11)8-21-16(19)12-2-4-14(5-3-12)20-7-13-9-23-10-17-13/h2-6,9-10H,7-8H2,1H3. The number of ether oxygens (including phenoxy) is 2. The van der Waals surface area contributed by atoms with Gasteiger partial charge in [0.05, 0.1) is 22.5 Å². The van der Waals surface area contributed by atoms with Crippen molar-refractivity contribution in [2.45, 2.75) is 20.1 Å². The van der Waals surface area contributed by atoms with Gasteiger partial charge in [-0.1, -0.05) is 5.16 Å². The van der Waals surface area contributed by atoms with Crippen LogP contribution in [-0.2, 0) is 18.0 Å². The van der Waals surface area contributed by atoms with Gasteiger partial charge in [-0.05, 0) is 31.2 Å². The summed E-state index contributed by atoms with van der Waals surface area (Å²) in [5.41, 5.74) is 3.83. The minimum Gasteiger partial charge on any atom is -0.487 e. The van der Waals surface area contributed by atoms with Crippen molar-refractivity contribution in [2.24, 2.45) is 0 Å². The Morgan fingerprint density at radius 1 is 1.26 bits per heavy atom. The van der Waals surface area contributed by atoms with Crippen molar-refractivity contribution in [1.82, 2.24) is 10.1 Å². The van der Waals surface area contributed by atoms with Gasteiger partial charge < -0.3 is 14.0 Å². The molecule has 2 heterocycles. The summed E-state index contributed by atoms with van der Waals surface area (Å²) < 4.78 is 15.7. The minimum atomic E-state index is -0.426. The normalized spacial score (nSPS) is 10.5. The van der Waals surface area contributed by atoms with E-state index in [0.717, 1.165) is 11.4 Å². The zero-order valence-electron chi connectivity index (χ0n) is 12.4. The van der Waals surface area contributed by atoms with E-state index in [1.165, 1.54) is 11.3 Å². The Kier molecular flexibility index (Phi) is 4.68. The highest BCUT2D eigenvalue weighted by Gasteiger charge is 2.10. The van der Waals surface area contributed by atoms with Crippen LogP contribution in [0, 0.1) is 6.92 Å². The van der Waals surface area contributed by atoms with Gasteiger partial charge in [0.15, 0.2) is 12.4 Å². The van der Waals surface area contributed by atoms with Crippen LogP contribution in [0.5, 0.6) is 5.75 Å². The number of benzene rings is 1. The molecule has 0 saturated carbocycles. The molecule has 118 valence electrons. The van der Waals surface area contributed by atoms with E-state index < -0.39 is 5.97 Å². The lowest BCUT2D eigenvalue weighted by atomic mass is 10.2. The van der Waals surface area contributed by atoms with E-state index in [1.807, 2.05) is 5.38 Å². The van der Waals surface area contributed by atoms with Crippen molar-refractivity contribution in [1.29, 1.82) is 0 Å². The number of nitrogens with zero attached hydrogens (tertiary/aromatic N) is 2. The highest BCUT2D eigenvalue weighted by molar-refractivity contribution is 7.07. The molecular weight excluding hydrogens is 316 g/mol. The van der Waals surface area contributed by atoms with Gasteiger partial charge in [-0.25, -0.2) is 9.78 Å². The van der Waals surface area contributed by atoms with Gasteiger partial charge >= 0.3 is 5.97 Å². The van der Waals surface area contributed by atoms with E-state index >= 15 is 0 Å². The molecule has 0 saturated heterocycles. The summed E-state index contributed by atoms with van der Waals surface area (Å²) in [6, 6.07) is 8.49. The van der Waals surface area contributed by atoms with Gasteiger partial charge in [0.25, 0.3) is 0 Å². The Morgan fingerprint density at radius 2 is 2.09 bits per heavy atom. The van der Waals surface area contributed by atoms with E-state index in [0.29, 0.717) is 23.7 Å². The predicted octanol–water partition coefficient (Wildman–Crippen LogP) is 3.38. The SMILES string of the molecule is Cc1cc(COC(=O)c2ccc(OCc3cscn3)cc2)on1. The van der Waals surface area contributed by atoms with Crippen LogP contribution in [0.3, 0.4) is 0 Å². The van der Waals surface area contributed by atoms with Crippen LogP contribution in [0.25, 0.3) is 0 Å². The summed E-state index contributed by atoms with van der Waals surface area (Å²) >= 11 is 1.52. The van der Waals surface area contributed by atoms with Gasteiger partial charge in [-0.2, -0.15) is 0 Å². The highest BCUT2D eigenvalue weighted by Crippen LogP contribution is 2.15. The first kappa shape index (κ1) is 15.2. The summed E-state index contributed by atoms with van der Waals surface area (Å²) in [7, 11) is 0. The average Bonchev–Trinajstić information content (AvgIpc) is 3.22. The molecular formula is C16H14N2O4S. The maximum absolute atomic E-state index is 11.9. The molecule has 0 aliphatic heterocycles. The zero-order chi connectivity index (χ0) is 16.1. The first-order valence-corrected chi connectivity index (χ1v) is 7.84. The smallest absolute Gasteiger partial charge is 0.338 e. The molecule has 3 aromatic rings. The van der Waals surface area contributed by atoms with Crippen LogP contribution in [0.1, 0.15) is 27.5 Å². The van der Waals surface area contributed by atoms with Gasteiger partial charge in [-0.3, -0.25) is 0 Å². The Hall–Kier alpha value is -2.67. The number of carbonyl (C=O) groups excluding carboxylic acids is 1. The van der Waals surface area contributed by atoms with Crippen molar-refractivity contribution in [3.05, 3.63) is 63.9 Å². The molecule has 0 spiro atoms. The molecule has 0 aliphatic carbocycles. The van der Waals surface area contributed by atoms with E-state index in [1.54, 1.807) is 42.8 Å². The van der Waals surface area contributed by atoms with Crippen molar-refractivity contribution in [3.8, 4) is 5.75 Å². The Balaban J connectivity index is 1.52. The molecule has 0 fully saturated rings. The number of rotatable bonds is 6. The monoisotopic (exact) mass is 330 g/mol. The highest BCUT2D eigenvalue weighted by atomic mass is 32.1. The molecule has 0 bridgehead atoms. The number of aryl methyl sites for hydroxylation is 1. The third kappa shape index (κ3) is 4.17. The number of thiazole rings is 1. The van der Waals surface area contributed by atoms with Crippen molar-refractivity contribution in [3.63, 3.8) is 0 Å². The largest absolute Gasteiger partial charge is 0.487 e. The summed E-state index contributed by atoms with van der Waals surface area (Å²) in [6.45, 7) is 2.26. The Morgan fingerprint density at radius 3 is 2.74 bits per heavy atom. The van der Waals surface area contributed by atoms with Crippen LogP contribution in [0.15, 0.2) is 45.7 Å². The fraction of sp³-hybridized carbons (Fsp3) is 0.188. The maximum Gasteiger partial charge on any atom is 0.338 e. The first-order chi connectivity index (χ1) is 11.2. The molecule has 23 heavy (non-hydrogen) atoms. The molecule has 0 atom stereocenters. The van der Waals surface area contributed by atoms with Gasteiger partial charge in [0.1, 0.15) is 12.4 Å². The molecule has 3 rings (SSSR count). The summed E-state index contributed by atoms with van der Waals surface area (Å²) in [5, 5.41) is 5.66. The molecule has 6 nitrogen and oxygen atoms in total. The van der Waals surface area contributed by atoms with E-state index in [4.69, 9.17) is 14.0 Å². The lowest BCUT2D eigenvalue weighted by Crippen LogP contribution is -2.05. The molecule has 7 heteroatoms. The number of hydrogen-bond donors (Lipinski definition) is 0. The lowest BCUT2D eigenvalue weighted by Gasteiger charge is -2.06. The van der Waals surface area contributed by atoms with Crippen LogP contribution in [0.4, 0.5) is 0 Å². The van der Waals surface area contributed by atoms with Crippen molar-refractivity contribution >= 4 is 17.3 Å². The second kappa shape index (κ2) is 7.06. The van der Waals surface area contributed by atoms with E-state index in [-0.39, 0.29) is 6.61 Å². The van der Waals surface area contributed by atoms with Gasteiger partial charge in [0.2, 0.25) is 0 Å². The number of esters is 1. The molecule has 2 aromatic heterocycles. The van der Waals surface area contributed by atoms with Crippen molar-refractivity contribution in [2.75, 3.05) is 0 Å². The number of hydrogen-bond acceptors (Lipinski definition) is 7. The average molecular weight is 330 g/mol. The third-order valence-electron chi connectivity index (χ3n) is 2.98. The number of carbonyl (C=O) groups is 1. The van der Waals surface area contributed by atoms with E-state index in [9.17, 15) is 4.79 Å². The Labute approximate surface area is 136 Å². The lowest BCUT2D eigenvalue weighted by molar-refractivity contribution is 0.0437. The predicted molar refractivity (Wildman–Crippen MR) is 83.2 cm³/mol. The fourth-order valence-electron chi connectivity index (χ4n) is 1.86. The molecule has 1 aromatic carbocycles. The van der Waals surface area contributed by atoms with Crippen LogP contribution in [-0.4, -0.2) is 16.1 Å². The topological polar surface area (TPSA) is 74.5 Å². The fourth-order valence-corrected chi connectivity index (χ4v) is 2.40. The van der Waals surface area contributed by atoms with Crippen LogP contribution >= 0.6 is 11.3 Å². The molecule has 0 amide bonds. The zero-order valence-corrected chi connectivity index (χ0v) is 13.2. The molecule has 0 radical (unpaired) electrons. The minimum absolute atomic E-state index is 0.0573. The second-order valence-corrected chi connectivity index (χ2v) is 5.52. The summed E-state index contributed by atoms with van der Waals surface area (Å²) in [6.07, 6.45) is 0. The summed E-state index contributed by atoms with van der Waals surface area (Å²) in [5.74, 6) is 0.754. The first-order valence-electron chi connectivity index (χ1n) is 6.90. The molecule has 0 unspecified atom stereocenters. The number of aromatic nitrogens is 2. The van der Waals surface area contributed by atoms with Gasteiger partial charge in [0, 0.05) is 11.4 Å².